The second kappa shape index (κ2) is 5.89. The molecule has 0 aromatic carbocycles. The van der Waals surface area contributed by atoms with E-state index in [1.54, 1.807) is 4.90 Å². The van der Waals surface area contributed by atoms with Crippen LogP contribution in [0.1, 0.15) is 40.0 Å². The van der Waals surface area contributed by atoms with Gasteiger partial charge in [-0.25, -0.2) is 9.59 Å². The smallest absolute Gasteiger partial charge is 0.326 e. The monoisotopic (exact) mass is 242 g/mol. The lowest BCUT2D eigenvalue weighted by atomic mass is 10.0. The molecule has 2 amide bonds. The van der Waals surface area contributed by atoms with E-state index in [1.807, 2.05) is 20.8 Å². The summed E-state index contributed by atoms with van der Waals surface area (Å²) in [5, 5.41) is 11.7. The summed E-state index contributed by atoms with van der Waals surface area (Å²) in [5.74, 6) is -0.716. The van der Waals surface area contributed by atoms with Gasteiger partial charge < -0.3 is 15.3 Å². The Bertz CT molecular complexity index is 291. The second-order valence-corrected chi connectivity index (χ2v) is 5.15. The molecule has 1 aliphatic rings. The van der Waals surface area contributed by atoms with Crippen LogP contribution in [-0.4, -0.2) is 40.6 Å². The van der Waals surface area contributed by atoms with E-state index < -0.39 is 12.0 Å². The highest BCUT2D eigenvalue weighted by Crippen LogP contribution is 2.16. The van der Waals surface area contributed by atoms with Crippen molar-refractivity contribution in [3.05, 3.63) is 0 Å². The van der Waals surface area contributed by atoms with E-state index in [0.29, 0.717) is 6.42 Å². The molecule has 0 aliphatic carbocycles. The third-order valence-corrected chi connectivity index (χ3v) is 3.12. The summed E-state index contributed by atoms with van der Waals surface area (Å²) in [5.41, 5.74) is 0. The summed E-state index contributed by atoms with van der Waals surface area (Å²) in [6.45, 7) is 6.60. The molecule has 1 saturated heterocycles. The minimum atomic E-state index is -0.959. The molecule has 1 fully saturated rings. The van der Waals surface area contributed by atoms with Crippen LogP contribution in [0.2, 0.25) is 0 Å². The number of carboxylic acid groups (broad SMARTS) is 1. The maximum Gasteiger partial charge on any atom is 0.326 e. The molecular weight excluding hydrogens is 220 g/mol. The molecule has 0 aromatic rings. The van der Waals surface area contributed by atoms with Crippen LogP contribution in [0.5, 0.6) is 0 Å². The molecule has 1 rings (SSSR count). The number of carbonyl (C=O) groups excluding carboxylic acids is 1. The summed E-state index contributed by atoms with van der Waals surface area (Å²) in [6, 6.07) is -0.818. The minimum Gasteiger partial charge on any atom is -0.480 e. The number of amides is 2. The fraction of sp³-hybridized carbons (Fsp3) is 0.833. The molecule has 1 heterocycles. The molecule has 0 saturated carbocycles. The maximum absolute atomic E-state index is 11.9. The van der Waals surface area contributed by atoms with Crippen molar-refractivity contribution in [2.75, 3.05) is 6.54 Å². The Balaban J connectivity index is 2.54. The Morgan fingerprint density at radius 3 is 2.53 bits per heavy atom. The summed E-state index contributed by atoms with van der Waals surface area (Å²) < 4.78 is 0. The van der Waals surface area contributed by atoms with Gasteiger partial charge in [-0.3, -0.25) is 0 Å². The lowest BCUT2D eigenvalue weighted by molar-refractivity contribution is -0.139. The van der Waals surface area contributed by atoms with Gasteiger partial charge in [-0.05, 0) is 32.1 Å². The van der Waals surface area contributed by atoms with Crippen molar-refractivity contribution in [3.63, 3.8) is 0 Å². The fourth-order valence-electron chi connectivity index (χ4n) is 2.16. The Hall–Kier alpha value is -1.26. The van der Waals surface area contributed by atoms with Crippen LogP contribution in [0.4, 0.5) is 4.79 Å². The first-order chi connectivity index (χ1) is 7.91. The van der Waals surface area contributed by atoms with E-state index in [0.717, 1.165) is 19.4 Å². The van der Waals surface area contributed by atoms with Crippen molar-refractivity contribution in [3.8, 4) is 0 Å². The number of carbonyl (C=O) groups is 2. The standard InChI is InChI=1S/C12H22N2O3/c1-8(2)7-10(11(15)16)13-12(17)14-6-4-5-9(14)3/h8-10H,4-7H2,1-3H3,(H,13,17)(H,15,16). The van der Waals surface area contributed by atoms with Crippen molar-refractivity contribution in [1.29, 1.82) is 0 Å². The summed E-state index contributed by atoms with van der Waals surface area (Å²) in [7, 11) is 0. The highest BCUT2D eigenvalue weighted by molar-refractivity contribution is 5.82. The fourth-order valence-corrected chi connectivity index (χ4v) is 2.16. The maximum atomic E-state index is 11.9. The van der Waals surface area contributed by atoms with Crippen LogP contribution in [0, 0.1) is 5.92 Å². The van der Waals surface area contributed by atoms with E-state index in [1.165, 1.54) is 0 Å². The van der Waals surface area contributed by atoms with Crippen molar-refractivity contribution in [1.82, 2.24) is 10.2 Å². The van der Waals surface area contributed by atoms with Crippen LogP contribution in [0.3, 0.4) is 0 Å². The zero-order chi connectivity index (χ0) is 13.0. The predicted molar refractivity (Wildman–Crippen MR) is 64.8 cm³/mol. The number of aliphatic carboxylic acids is 1. The highest BCUT2D eigenvalue weighted by Gasteiger charge is 2.28. The molecule has 5 heteroatoms. The van der Waals surface area contributed by atoms with Gasteiger partial charge >= 0.3 is 12.0 Å². The van der Waals surface area contributed by atoms with Crippen LogP contribution in [0.15, 0.2) is 0 Å². The first-order valence-electron chi connectivity index (χ1n) is 6.21. The molecule has 98 valence electrons. The van der Waals surface area contributed by atoms with Crippen LogP contribution < -0.4 is 5.32 Å². The number of urea groups is 1. The lowest BCUT2D eigenvalue weighted by Gasteiger charge is -2.25. The molecule has 1 aliphatic heterocycles. The topological polar surface area (TPSA) is 69.6 Å². The molecule has 2 unspecified atom stereocenters. The molecule has 0 radical (unpaired) electrons. The molecule has 0 spiro atoms. The van der Waals surface area contributed by atoms with Crippen LogP contribution in [0.25, 0.3) is 0 Å². The van der Waals surface area contributed by atoms with Gasteiger partial charge in [-0.2, -0.15) is 0 Å². The van der Waals surface area contributed by atoms with Gasteiger partial charge in [0.1, 0.15) is 6.04 Å². The molecule has 0 bridgehead atoms. The van der Waals surface area contributed by atoms with Gasteiger partial charge in [-0.15, -0.1) is 0 Å². The van der Waals surface area contributed by atoms with Crippen LogP contribution >= 0.6 is 0 Å². The Morgan fingerprint density at radius 1 is 1.47 bits per heavy atom. The van der Waals surface area contributed by atoms with E-state index in [2.05, 4.69) is 5.32 Å². The molecular formula is C12H22N2O3. The third-order valence-electron chi connectivity index (χ3n) is 3.12. The average molecular weight is 242 g/mol. The lowest BCUT2D eigenvalue weighted by Crippen LogP contribution is -2.49. The number of likely N-dealkylation sites (tertiary alicyclic amines) is 1. The molecule has 0 aromatic heterocycles. The third kappa shape index (κ3) is 3.91. The van der Waals surface area contributed by atoms with Gasteiger partial charge in [0.15, 0.2) is 0 Å². The summed E-state index contributed by atoms with van der Waals surface area (Å²) in [4.78, 5) is 24.7. The molecule has 2 N–H and O–H groups in total. The predicted octanol–water partition coefficient (Wildman–Crippen LogP) is 1.68. The normalized spacial score (nSPS) is 21.6. The van der Waals surface area contributed by atoms with E-state index in [-0.39, 0.29) is 18.0 Å². The SMILES string of the molecule is CC(C)CC(NC(=O)N1CCCC1C)C(=O)O. The zero-order valence-electron chi connectivity index (χ0n) is 10.8. The van der Waals surface area contributed by atoms with Gasteiger partial charge in [-0.1, -0.05) is 13.8 Å². The first kappa shape index (κ1) is 13.8. The Kier molecular flexibility index (Phi) is 4.78. The number of hydrogen-bond donors (Lipinski definition) is 2. The number of nitrogens with one attached hydrogen (secondary N) is 1. The second-order valence-electron chi connectivity index (χ2n) is 5.15. The van der Waals surface area contributed by atoms with Gasteiger partial charge in [0.05, 0.1) is 0 Å². The van der Waals surface area contributed by atoms with E-state index >= 15 is 0 Å². The highest BCUT2D eigenvalue weighted by atomic mass is 16.4. The van der Waals surface area contributed by atoms with Crippen molar-refractivity contribution < 1.29 is 14.7 Å². The van der Waals surface area contributed by atoms with Gasteiger partial charge in [0, 0.05) is 12.6 Å². The van der Waals surface area contributed by atoms with Crippen LogP contribution in [-0.2, 0) is 4.79 Å². The number of nitrogens with zero attached hydrogens (tertiary/aromatic N) is 1. The quantitative estimate of drug-likeness (QED) is 0.788. The first-order valence-corrected chi connectivity index (χ1v) is 6.21. The number of rotatable bonds is 4. The van der Waals surface area contributed by atoms with Gasteiger partial charge in [0.2, 0.25) is 0 Å². The van der Waals surface area contributed by atoms with Crippen molar-refractivity contribution >= 4 is 12.0 Å². The minimum absolute atomic E-state index is 0.212. The zero-order valence-corrected chi connectivity index (χ0v) is 10.8. The van der Waals surface area contributed by atoms with Crippen molar-refractivity contribution in [2.24, 2.45) is 5.92 Å². The van der Waals surface area contributed by atoms with E-state index in [4.69, 9.17) is 5.11 Å². The molecule has 5 nitrogen and oxygen atoms in total. The molecule has 2 atom stereocenters. The number of carboxylic acids is 1. The summed E-state index contributed by atoms with van der Waals surface area (Å²) in [6.07, 6.45) is 2.45. The van der Waals surface area contributed by atoms with Crippen molar-refractivity contribution in [2.45, 2.75) is 52.1 Å². The average Bonchev–Trinajstić information content (AvgIpc) is 2.62. The number of hydrogen-bond acceptors (Lipinski definition) is 2. The van der Waals surface area contributed by atoms with E-state index in [9.17, 15) is 9.59 Å². The summed E-state index contributed by atoms with van der Waals surface area (Å²) >= 11 is 0. The largest absolute Gasteiger partial charge is 0.480 e. The van der Waals surface area contributed by atoms with Gasteiger partial charge in [0.25, 0.3) is 0 Å². The Morgan fingerprint density at radius 2 is 2.12 bits per heavy atom. The molecule has 17 heavy (non-hydrogen) atoms. The Labute approximate surface area is 102 Å².